The number of aliphatic carboxylic acids is 2. The average Bonchev–Trinajstić information content (AvgIpc) is 2.55. The van der Waals surface area contributed by atoms with Gasteiger partial charge in [0.05, 0.1) is 0 Å². The number of carbonyl (C=O) groups excluding carboxylic acids is 1. The Bertz CT molecular complexity index is 588. The van der Waals surface area contributed by atoms with Crippen molar-refractivity contribution in [2.45, 2.75) is 26.2 Å². The maximum absolute atomic E-state index is 13.0. The highest BCUT2D eigenvalue weighted by Crippen LogP contribution is 2.16. The Labute approximate surface area is 145 Å². The molecule has 0 unspecified atom stereocenters. The van der Waals surface area contributed by atoms with Gasteiger partial charge in [0.2, 0.25) is 5.91 Å². The Morgan fingerprint density at radius 1 is 1.20 bits per heavy atom. The molecule has 3 N–H and O–H groups in total. The molecule has 7 nitrogen and oxygen atoms in total. The molecular weight excluding hydrogens is 331 g/mol. The van der Waals surface area contributed by atoms with Gasteiger partial charge in [-0.1, -0.05) is 13.0 Å². The summed E-state index contributed by atoms with van der Waals surface area (Å²) in [6, 6.07) is 5.99. The first kappa shape index (κ1) is 20.6. The highest BCUT2D eigenvalue weighted by Gasteiger charge is 2.16. The van der Waals surface area contributed by atoms with Crippen LogP contribution in [0.5, 0.6) is 0 Å². The Morgan fingerprint density at radius 2 is 1.80 bits per heavy atom. The maximum atomic E-state index is 13.0. The van der Waals surface area contributed by atoms with E-state index >= 15 is 0 Å². The number of hydrogen-bond acceptors (Lipinski definition) is 4. The fourth-order valence-corrected chi connectivity index (χ4v) is 2.34. The molecule has 0 saturated carbocycles. The molecule has 0 atom stereocenters. The van der Waals surface area contributed by atoms with Crippen molar-refractivity contribution in [2.75, 3.05) is 25.0 Å². The van der Waals surface area contributed by atoms with Crippen LogP contribution in [0.15, 0.2) is 24.3 Å². The summed E-state index contributed by atoms with van der Waals surface area (Å²) >= 11 is 0. The van der Waals surface area contributed by atoms with E-state index in [-0.39, 0.29) is 11.7 Å². The fourth-order valence-electron chi connectivity index (χ4n) is 2.34. The minimum Gasteiger partial charge on any atom is -0.473 e. The van der Waals surface area contributed by atoms with Crippen LogP contribution in [0.4, 0.5) is 10.1 Å². The molecule has 2 rings (SSSR count). The molecule has 1 saturated heterocycles. The zero-order chi connectivity index (χ0) is 18.8. The van der Waals surface area contributed by atoms with Gasteiger partial charge in [-0.05, 0) is 50.0 Å². The van der Waals surface area contributed by atoms with Crippen LogP contribution >= 0.6 is 0 Å². The van der Waals surface area contributed by atoms with Gasteiger partial charge in [0.25, 0.3) is 0 Å². The molecule has 138 valence electrons. The Kier molecular flexibility index (Phi) is 8.55. The van der Waals surface area contributed by atoms with Crippen molar-refractivity contribution in [3.8, 4) is 0 Å². The van der Waals surface area contributed by atoms with Crippen LogP contribution in [0, 0.1) is 11.7 Å². The molecule has 0 radical (unpaired) electrons. The lowest BCUT2D eigenvalue weighted by Gasteiger charge is -2.29. The molecule has 1 aliphatic heterocycles. The molecule has 1 aromatic carbocycles. The molecule has 1 aromatic rings. The largest absolute Gasteiger partial charge is 0.473 e. The van der Waals surface area contributed by atoms with Crippen LogP contribution < -0.4 is 5.32 Å². The SMILES string of the molecule is CC1CCN(CCC(=O)Nc2cccc(F)c2)CC1.O=C(O)C(=O)O. The van der Waals surface area contributed by atoms with E-state index in [1.165, 1.54) is 25.0 Å². The minimum atomic E-state index is -1.82. The number of carbonyl (C=O) groups is 3. The predicted molar refractivity (Wildman–Crippen MR) is 89.8 cm³/mol. The van der Waals surface area contributed by atoms with E-state index in [0.717, 1.165) is 25.6 Å². The van der Waals surface area contributed by atoms with Gasteiger partial charge in [0, 0.05) is 18.7 Å². The zero-order valence-corrected chi connectivity index (χ0v) is 14.1. The summed E-state index contributed by atoms with van der Waals surface area (Å²) in [6.45, 7) is 5.21. The number of carboxylic acids is 2. The Balaban J connectivity index is 0.000000450. The molecule has 25 heavy (non-hydrogen) atoms. The lowest BCUT2D eigenvalue weighted by molar-refractivity contribution is -0.159. The Morgan fingerprint density at radius 3 is 2.32 bits per heavy atom. The topological polar surface area (TPSA) is 107 Å². The second-order valence-corrected chi connectivity index (χ2v) is 5.94. The highest BCUT2D eigenvalue weighted by atomic mass is 19.1. The van der Waals surface area contributed by atoms with Gasteiger partial charge in [-0.3, -0.25) is 4.79 Å². The van der Waals surface area contributed by atoms with E-state index in [1.54, 1.807) is 12.1 Å². The summed E-state index contributed by atoms with van der Waals surface area (Å²) in [4.78, 5) is 32.3. The summed E-state index contributed by atoms with van der Waals surface area (Å²) in [5, 5.41) is 17.5. The maximum Gasteiger partial charge on any atom is 0.414 e. The standard InChI is InChI=1S/C15H21FN2O.C2H2O4/c1-12-5-8-18(9-6-12)10-7-15(19)17-14-4-2-3-13(16)11-14;3-1(4)2(5)6/h2-4,11-12H,5-10H2,1H3,(H,17,19);(H,3,4)(H,5,6). The van der Waals surface area contributed by atoms with E-state index < -0.39 is 11.9 Å². The number of hydrogen-bond donors (Lipinski definition) is 3. The molecule has 0 aromatic heterocycles. The number of benzene rings is 1. The number of piperidine rings is 1. The van der Waals surface area contributed by atoms with E-state index in [4.69, 9.17) is 19.8 Å². The number of likely N-dealkylation sites (tertiary alicyclic amines) is 1. The molecular formula is C17H23FN2O5. The molecule has 0 aliphatic carbocycles. The van der Waals surface area contributed by atoms with Crippen LogP contribution in [-0.4, -0.2) is 52.6 Å². The van der Waals surface area contributed by atoms with E-state index in [0.29, 0.717) is 12.1 Å². The lowest BCUT2D eigenvalue weighted by atomic mass is 9.99. The van der Waals surface area contributed by atoms with Crippen LogP contribution in [0.25, 0.3) is 0 Å². The minimum absolute atomic E-state index is 0.0516. The summed E-state index contributed by atoms with van der Waals surface area (Å²) in [6.07, 6.45) is 2.89. The summed E-state index contributed by atoms with van der Waals surface area (Å²) in [5.41, 5.74) is 0.525. The quantitative estimate of drug-likeness (QED) is 0.715. The normalized spacial score (nSPS) is 15.0. The first-order valence-electron chi connectivity index (χ1n) is 8.02. The van der Waals surface area contributed by atoms with Crippen molar-refractivity contribution in [1.82, 2.24) is 4.90 Å². The average molecular weight is 354 g/mol. The first-order valence-corrected chi connectivity index (χ1v) is 8.02. The van der Waals surface area contributed by atoms with Crippen molar-refractivity contribution in [3.05, 3.63) is 30.1 Å². The van der Waals surface area contributed by atoms with Gasteiger partial charge in [-0.25, -0.2) is 14.0 Å². The molecule has 0 bridgehead atoms. The summed E-state index contributed by atoms with van der Waals surface area (Å²) in [7, 11) is 0. The summed E-state index contributed by atoms with van der Waals surface area (Å²) in [5.74, 6) is -3.23. The number of halogens is 1. The second-order valence-electron chi connectivity index (χ2n) is 5.94. The van der Waals surface area contributed by atoms with E-state index in [1.807, 2.05) is 0 Å². The number of amides is 1. The van der Waals surface area contributed by atoms with E-state index in [2.05, 4.69) is 17.1 Å². The smallest absolute Gasteiger partial charge is 0.414 e. The van der Waals surface area contributed by atoms with Gasteiger partial charge >= 0.3 is 11.9 Å². The fraction of sp³-hybridized carbons (Fsp3) is 0.471. The van der Waals surface area contributed by atoms with Gasteiger partial charge in [-0.15, -0.1) is 0 Å². The molecule has 8 heteroatoms. The molecule has 1 aliphatic rings. The van der Waals surface area contributed by atoms with Crippen LogP contribution in [-0.2, 0) is 14.4 Å². The first-order chi connectivity index (χ1) is 11.8. The summed E-state index contributed by atoms with van der Waals surface area (Å²) < 4.78 is 13.0. The van der Waals surface area contributed by atoms with Crippen molar-refractivity contribution in [2.24, 2.45) is 5.92 Å². The number of anilines is 1. The molecule has 1 fully saturated rings. The van der Waals surface area contributed by atoms with Gasteiger partial charge in [0.1, 0.15) is 5.82 Å². The third kappa shape index (κ3) is 8.80. The molecule has 1 amide bonds. The zero-order valence-electron chi connectivity index (χ0n) is 14.1. The van der Waals surface area contributed by atoms with Crippen LogP contribution in [0.3, 0.4) is 0 Å². The van der Waals surface area contributed by atoms with Crippen molar-refractivity contribution >= 4 is 23.5 Å². The van der Waals surface area contributed by atoms with Crippen molar-refractivity contribution in [1.29, 1.82) is 0 Å². The molecule has 0 spiro atoms. The number of nitrogens with one attached hydrogen (secondary N) is 1. The van der Waals surface area contributed by atoms with Crippen molar-refractivity contribution < 1.29 is 29.0 Å². The molecule has 1 heterocycles. The highest BCUT2D eigenvalue weighted by molar-refractivity contribution is 6.27. The van der Waals surface area contributed by atoms with Crippen LogP contribution in [0.1, 0.15) is 26.2 Å². The van der Waals surface area contributed by atoms with Gasteiger partial charge in [-0.2, -0.15) is 0 Å². The Hall–Kier alpha value is -2.48. The van der Waals surface area contributed by atoms with Crippen molar-refractivity contribution in [3.63, 3.8) is 0 Å². The second kappa shape index (κ2) is 10.4. The van der Waals surface area contributed by atoms with Gasteiger partial charge in [0.15, 0.2) is 0 Å². The van der Waals surface area contributed by atoms with Gasteiger partial charge < -0.3 is 20.4 Å². The third-order valence-electron chi connectivity index (χ3n) is 3.82. The predicted octanol–water partition coefficient (Wildman–Crippen LogP) is 2.04. The van der Waals surface area contributed by atoms with E-state index in [9.17, 15) is 9.18 Å². The number of carboxylic acid groups (broad SMARTS) is 2. The lowest BCUT2D eigenvalue weighted by Crippen LogP contribution is -2.35. The number of nitrogens with zero attached hydrogens (tertiary/aromatic N) is 1. The van der Waals surface area contributed by atoms with Crippen LogP contribution in [0.2, 0.25) is 0 Å². The third-order valence-corrected chi connectivity index (χ3v) is 3.82. The number of rotatable bonds is 4. The monoisotopic (exact) mass is 354 g/mol.